The van der Waals surface area contributed by atoms with Gasteiger partial charge in [-0.2, -0.15) is 0 Å². The van der Waals surface area contributed by atoms with Crippen LogP contribution in [-0.4, -0.2) is 32.8 Å². The molecule has 0 aliphatic heterocycles. The Morgan fingerprint density at radius 1 is 0.379 bits per heavy atom. The van der Waals surface area contributed by atoms with Crippen LogP contribution >= 0.6 is 0 Å². The summed E-state index contributed by atoms with van der Waals surface area (Å²) in [4.78, 5) is 24.5. The van der Waals surface area contributed by atoms with E-state index < -0.39 is 0 Å². The molecular formula is C52H36N6. The Labute approximate surface area is 337 Å². The summed E-state index contributed by atoms with van der Waals surface area (Å²) in [5.41, 5.74) is 9.72. The van der Waals surface area contributed by atoms with Crippen molar-refractivity contribution in [3.63, 3.8) is 0 Å². The van der Waals surface area contributed by atoms with E-state index in [-0.39, 0.29) is 5.84 Å². The predicted molar refractivity (Wildman–Crippen MR) is 238 cm³/mol. The van der Waals surface area contributed by atoms with Gasteiger partial charge in [-0.1, -0.05) is 194 Å². The van der Waals surface area contributed by atoms with Crippen LogP contribution < -0.4 is 0 Å². The van der Waals surface area contributed by atoms with Crippen molar-refractivity contribution in [3.8, 4) is 56.4 Å². The average molecular weight is 745 g/mol. The first-order chi connectivity index (χ1) is 28.6. The summed E-state index contributed by atoms with van der Waals surface area (Å²) >= 11 is 0. The molecule has 58 heavy (non-hydrogen) atoms. The lowest BCUT2D eigenvalue weighted by atomic mass is 10.0. The highest BCUT2D eigenvalue weighted by Crippen LogP contribution is 2.29. The van der Waals surface area contributed by atoms with Crippen LogP contribution in [0.25, 0.3) is 67.2 Å². The molecule has 0 aliphatic rings. The fraction of sp³-hybridized carbons (Fsp3) is 0. The van der Waals surface area contributed by atoms with Crippen LogP contribution in [0.4, 0.5) is 0 Å². The number of benzene rings is 8. The first-order valence-electron chi connectivity index (χ1n) is 19.1. The summed E-state index contributed by atoms with van der Waals surface area (Å²) in [6.45, 7) is 0. The fourth-order valence-corrected chi connectivity index (χ4v) is 6.78. The van der Waals surface area contributed by atoms with Crippen LogP contribution in [0.1, 0.15) is 16.7 Å². The molecular weight excluding hydrogens is 709 g/mol. The Balaban J connectivity index is 1.06. The molecule has 9 rings (SSSR count). The molecule has 0 fully saturated rings. The molecule has 0 aliphatic carbocycles. The van der Waals surface area contributed by atoms with Crippen molar-refractivity contribution >= 4 is 28.7 Å². The van der Waals surface area contributed by atoms with Crippen LogP contribution in [0.15, 0.2) is 216 Å². The van der Waals surface area contributed by atoms with Gasteiger partial charge in [-0.05, 0) is 50.7 Å². The van der Waals surface area contributed by atoms with E-state index in [1.54, 1.807) is 6.21 Å². The van der Waals surface area contributed by atoms with Crippen LogP contribution in [0.2, 0.25) is 0 Å². The maximum absolute atomic E-state index is 8.83. The van der Waals surface area contributed by atoms with Gasteiger partial charge in [-0.3, -0.25) is 5.41 Å². The Bertz CT molecular complexity index is 2910. The second-order valence-corrected chi connectivity index (χ2v) is 13.8. The number of aromatic nitrogens is 3. The summed E-state index contributed by atoms with van der Waals surface area (Å²) in [6, 6.07) is 69.1. The van der Waals surface area contributed by atoms with Crippen molar-refractivity contribution in [1.29, 1.82) is 5.41 Å². The molecule has 8 aromatic carbocycles. The molecule has 6 nitrogen and oxygen atoms in total. The molecule has 1 aromatic heterocycles. The highest BCUT2D eigenvalue weighted by atomic mass is 15.0. The van der Waals surface area contributed by atoms with E-state index in [4.69, 9.17) is 30.3 Å². The van der Waals surface area contributed by atoms with Gasteiger partial charge in [0, 0.05) is 34.0 Å². The summed E-state index contributed by atoms with van der Waals surface area (Å²) < 4.78 is 0. The number of nitrogens with zero attached hydrogens (tertiary/aromatic N) is 5. The van der Waals surface area contributed by atoms with Gasteiger partial charge in [0.25, 0.3) is 0 Å². The van der Waals surface area contributed by atoms with Crippen LogP contribution in [0.3, 0.4) is 0 Å². The summed E-state index contributed by atoms with van der Waals surface area (Å²) in [6.07, 6.45) is 1.80. The van der Waals surface area contributed by atoms with Crippen molar-refractivity contribution in [3.05, 3.63) is 223 Å². The molecule has 0 atom stereocenters. The monoisotopic (exact) mass is 744 g/mol. The first kappa shape index (κ1) is 35.7. The number of amidine groups is 2. The van der Waals surface area contributed by atoms with Crippen molar-refractivity contribution < 1.29 is 0 Å². The second-order valence-electron chi connectivity index (χ2n) is 13.8. The zero-order valence-corrected chi connectivity index (χ0v) is 31.4. The normalized spacial score (nSPS) is 11.6. The van der Waals surface area contributed by atoms with Crippen molar-refractivity contribution in [2.45, 2.75) is 0 Å². The molecule has 9 aromatic rings. The van der Waals surface area contributed by atoms with E-state index in [2.05, 4.69) is 84.9 Å². The average Bonchev–Trinajstić information content (AvgIpc) is 3.31. The van der Waals surface area contributed by atoms with Crippen molar-refractivity contribution in [2.24, 2.45) is 9.98 Å². The molecule has 1 N–H and O–H groups in total. The lowest BCUT2D eigenvalue weighted by Gasteiger charge is -2.10. The fourth-order valence-electron chi connectivity index (χ4n) is 6.78. The number of fused-ring (bicyclic) bond motifs is 1. The molecule has 1 heterocycles. The van der Waals surface area contributed by atoms with E-state index in [0.29, 0.717) is 28.9 Å². The summed E-state index contributed by atoms with van der Waals surface area (Å²) in [5, 5.41) is 10.8. The standard InChI is InChI=1S/C52H36N6/c53-48(41-17-9-3-10-18-41)55-49(54-35-36-21-23-39(24-22-36)37-13-5-1-6-14-37)46-31-29-45-34-47(32-30-44(45)33-46)52-57-50(42-19-11-4-12-20-42)56-51(58-52)43-27-25-40(26-28-43)38-15-7-2-8-16-38/h1-35,53H. The summed E-state index contributed by atoms with van der Waals surface area (Å²) in [5.74, 6) is 2.38. The van der Waals surface area contributed by atoms with Crippen molar-refractivity contribution in [2.75, 3.05) is 0 Å². The van der Waals surface area contributed by atoms with Gasteiger partial charge < -0.3 is 0 Å². The predicted octanol–water partition coefficient (Wildman–Crippen LogP) is 12.3. The largest absolute Gasteiger partial charge is 0.282 e. The minimum absolute atomic E-state index is 0.136. The van der Waals surface area contributed by atoms with E-state index in [1.807, 2.05) is 121 Å². The van der Waals surface area contributed by atoms with Crippen LogP contribution in [0.5, 0.6) is 0 Å². The van der Waals surface area contributed by atoms with Crippen LogP contribution in [0, 0.1) is 5.41 Å². The summed E-state index contributed by atoms with van der Waals surface area (Å²) in [7, 11) is 0. The minimum Gasteiger partial charge on any atom is -0.282 e. The maximum atomic E-state index is 8.83. The van der Waals surface area contributed by atoms with E-state index in [0.717, 1.165) is 60.8 Å². The van der Waals surface area contributed by atoms with Crippen LogP contribution in [-0.2, 0) is 0 Å². The molecule has 0 amide bonds. The van der Waals surface area contributed by atoms with Gasteiger partial charge in [0.2, 0.25) is 0 Å². The Morgan fingerprint density at radius 2 is 0.793 bits per heavy atom. The third-order valence-electron chi connectivity index (χ3n) is 9.89. The van der Waals surface area contributed by atoms with Gasteiger partial charge in [0.1, 0.15) is 0 Å². The number of aliphatic imine (C=N–C) groups is 2. The van der Waals surface area contributed by atoms with E-state index >= 15 is 0 Å². The quantitative estimate of drug-likeness (QED) is 0.124. The molecule has 274 valence electrons. The molecule has 0 saturated heterocycles. The Kier molecular flexibility index (Phi) is 10.1. The number of nitrogens with one attached hydrogen (secondary N) is 1. The second kappa shape index (κ2) is 16.4. The molecule has 0 unspecified atom stereocenters. The highest BCUT2D eigenvalue weighted by Gasteiger charge is 2.14. The van der Waals surface area contributed by atoms with Gasteiger partial charge in [-0.25, -0.2) is 24.9 Å². The molecule has 0 saturated carbocycles. The lowest BCUT2D eigenvalue weighted by molar-refractivity contribution is 1.07. The molecule has 6 heteroatoms. The minimum atomic E-state index is 0.136. The van der Waals surface area contributed by atoms with Gasteiger partial charge in [0.15, 0.2) is 29.1 Å². The van der Waals surface area contributed by atoms with Crippen molar-refractivity contribution in [1.82, 2.24) is 15.0 Å². The zero-order valence-electron chi connectivity index (χ0n) is 31.4. The van der Waals surface area contributed by atoms with Gasteiger partial charge in [0.05, 0.1) is 0 Å². The highest BCUT2D eigenvalue weighted by molar-refractivity contribution is 6.14. The third-order valence-corrected chi connectivity index (χ3v) is 9.89. The Hall–Kier alpha value is -7.96. The molecule has 0 bridgehead atoms. The Morgan fingerprint density at radius 3 is 1.38 bits per heavy atom. The zero-order chi connectivity index (χ0) is 39.1. The number of hydrogen-bond donors (Lipinski definition) is 1. The molecule has 0 spiro atoms. The first-order valence-corrected chi connectivity index (χ1v) is 19.1. The third kappa shape index (κ3) is 8.03. The van der Waals surface area contributed by atoms with Gasteiger partial charge >= 0.3 is 0 Å². The lowest BCUT2D eigenvalue weighted by Crippen LogP contribution is -2.04. The topological polar surface area (TPSA) is 87.2 Å². The number of hydrogen-bond acceptors (Lipinski definition) is 4. The van der Waals surface area contributed by atoms with E-state index in [9.17, 15) is 0 Å². The molecule has 0 radical (unpaired) electrons. The van der Waals surface area contributed by atoms with E-state index in [1.165, 1.54) is 0 Å². The number of rotatable bonds is 8. The smallest absolute Gasteiger partial charge is 0.164 e. The maximum Gasteiger partial charge on any atom is 0.164 e. The SMILES string of the molecule is N=C(N=C(N=Cc1ccc(-c2ccccc2)cc1)c1ccc2cc(-c3nc(-c4ccccc4)nc(-c4ccc(-c5ccccc5)cc4)n3)ccc2c1)c1ccccc1. The van der Waals surface area contributed by atoms with Gasteiger partial charge in [-0.15, -0.1) is 0 Å².